The molecular weight excluding hydrogens is 361 g/mol. The molecule has 3 aromatic rings. The van der Waals surface area contributed by atoms with Crippen molar-refractivity contribution in [1.82, 2.24) is 9.97 Å². The molecule has 1 aliphatic rings. The van der Waals surface area contributed by atoms with E-state index >= 15 is 0 Å². The summed E-state index contributed by atoms with van der Waals surface area (Å²) in [6, 6.07) is 11.2. The summed E-state index contributed by atoms with van der Waals surface area (Å²) in [5, 5.41) is 10.8. The number of aromatic hydroxyl groups is 1. The number of esters is 1. The molecule has 1 N–H and O–H groups in total. The summed E-state index contributed by atoms with van der Waals surface area (Å²) in [5.74, 6) is 0.363. The number of hydrogen-bond donors (Lipinski definition) is 1. The van der Waals surface area contributed by atoms with E-state index in [-0.39, 0.29) is 23.5 Å². The molecule has 1 aromatic heterocycles. The third kappa shape index (κ3) is 3.35. The molecule has 7 heteroatoms. The van der Waals surface area contributed by atoms with Gasteiger partial charge in [-0.1, -0.05) is 12.1 Å². The smallest absolute Gasteiger partial charge is 0.308 e. The van der Waals surface area contributed by atoms with Crippen molar-refractivity contribution in [2.75, 3.05) is 25.1 Å². The number of phenolic OH excluding ortho intramolecular Hbond substituents is 1. The number of rotatable bonds is 3. The number of nitrogens with zero attached hydrogens (tertiary/aromatic N) is 3. The van der Waals surface area contributed by atoms with Crippen LogP contribution in [0.4, 0.5) is 10.2 Å². The van der Waals surface area contributed by atoms with Crippen molar-refractivity contribution in [2.24, 2.45) is 5.92 Å². The number of ether oxygens (including phenoxy) is 1. The first-order valence-electron chi connectivity index (χ1n) is 9.15. The molecular formula is C21H20FN3O3. The second-order valence-corrected chi connectivity index (χ2v) is 6.83. The Morgan fingerprint density at radius 1 is 1.18 bits per heavy atom. The Morgan fingerprint density at radius 2 is 1.93 bits per heavy atom. The Labute approximate surface area is 161 Å². The van der Waals surface area contributed by atoms with Gasteiger partial charge in [-0.3, -0.25) is 4.79 Å². The van der Waals surface area contributed by atoms with Crippen LogP contribution in [0.3, 0.4) is 0 Å². The highest BCUT2D eigenvalue weighted by Crippen LogP contribution is 2.33. The lowest BCUT2D eigenvalue weighted by Gasteiger charge is -2.32. The first-order valence-corrected chi connectivity index (χ1v) is 9.15. The van der Waals surface area contributed by atoms with Crippen LogP contribution in [0.2, 0.25) is 0 Å². The van der Waals surface area contributed by atoms with E-state index in [9.17, 15) is 14.3 Å². The zero-order valence-electron chi connectivity index (χ0n) is 15.4. The van der Waals surface area contributed by atoms with E-state index in [1.807, 2.05) is 4.90 Å². The number of carbonyl (C=O) groups excluding carboxylic acids is 1. The predicted molar refractivity (Wildman–Crippen MR) is 104 cm³/mol. The van der Waals surface area contributed by atoms with Gasteiger partial charge in [0, 0.05) is 18.5 Å². The molecule has 2 heterocycles. The van der Waals surface area contributed by atoms with Crippen LogP contribution in [0.1, 0.15) is 12.8 Å². The summed E-state index contributed by atoms with van der Waals surface area (Å²) in [7, 11) is 1.40. The lowest BCUT2D eigenvalue weighted by atomic mass is 9.97. The minimum absolute atomic E-state index is 0.0827. The highest BCUT2D eigenvalue weighted by atomic mass is 19.1. The zero-order valence-corrected chi connectivity index (χ0v) is 15.4. The average molecular weight is 381 g/mol. The summed E-state index contributed by atoms with van der Waals surface area (Å²) < 4.78 is 18.8. The number of halogens is 1. The normalized spacial score (nSPS) is 15.0. The van der Waals surface area contributed by atoms with Gasteiger partial charge in [0.2, 0.25) is 0 Å². The van der Waals surface area contributed by atoms with Crippen LogP contribution < -0.4 is 4.90 Å². The maximum atomic E-state index is 13.9. The Bertz CT molecular complexity index is 1030. The molecule has 1 fully saturated rings. The molecule has 6 nitrogen and oxygen atoms in total. The lowest BCUT2D eigenvalue weighted by Crippen LogP contribution is -2.37. The number of hydrogen-bond acceptors (Lipinski definition) is 6. The molecule has 0 radical (unpaired) electrons. The molecule has 0 unspecified atom stereocenters. The second-order valence-electron chi connectivity index (χ2n) is 6.83. The topological polar surface area (TPSA) is 75.5 Å². The van der Waals surface area contributed by atoms with Crippen molar-refractivity contribution >= 4 is 22.7 Å². The molecule has 4 rings (SSSR count). The van der Waals surface area contributed by atoms with E-state index in [2.05, 4.69) is 9.97 Å². The van der Waals surface area contributed by atoms with Crippen LogP contribution in [0.25, 0.3) is 22.3 Å². The van der Waals surface area contributed by atoms with E-state index in [1.54, 1.807) is 30.3 Å². The fourth-order valence-corrected chi connectivity index (χ4v) is 3.60. The van der Waals surface area contributed by atoms with Gasteiger partial charge in [0.05, 0.1) is 24.1 Å². The van der Waals surface area contributed by atoms with Gasteiger partial charge in [0.1, 0.15) is 17.4 Å². The van der Waals surface area contributed by atoms with Crippen molar-refractivity contribution in [3.63, 3.8) is 0 Å². The van der Waals surface area contributed by atoms with Crippen molar-refractivity contribution in [1.29, 1.82) is 0 Å². The summed E-state index contributed by atoms with van der Waals surface area (Å²) in [6.45, 7) is 1.20. The summed E-state index contributed by atoms with van der Waals surface area (Å²) in [5.41, 5.74) is 1.11. The van der Waals surface area contributed by atoms with Gasteiger partial charge in [0.15, 0.2) is 5.82 Å². The lowest BCUT2D eigenvalue weighted by molar-refractivity contribution is -0.146. The molecule has 1 saturated heterocycles. The number of aromatic nitrogens is 2. The van der Waals surface area contributed by atoms with Gasteiger partial charge in [-0.05, 0) is 43.2 Å². The Morgan fingerprint density at radius 3 is 2.64 bits per heavy atom. The molecule has 0 atom stereocenters. The number of methoxy groups -OCH3 is 1. The van der Waals surface area contributed by atoms with Crippen LogP contribution in [0.15, 0.2) is 42.5 Å². The number of fused-ring (bicyclic) bond motifs is 1. The van der Waals surface area contributed by atoms with E-state index < -0.39 is 0 Å². The largest absolute Gasteiger partial charge is 0.507 e. The summed E-state index contributed by atoms with van der Waals surface area (Å²) in [6.07, 6.45) is 1.28. The van der Waals surface area contributed by atoms with E-state index in [4.69, 9.17) is 4.74 Å². The fourth-order valence-electron chi connectivity index (χ4n) is 3.60. The first kappa shape index (κ1) is 18.2. The highest BCUT2D eigenvalue weighted by molar-refractivity contribution is 5.91. The number of benzene rings is 2. The van der Waals surface area contributed by atoms with Gasteiger partial charge in [-0.2, -0.15) is 0 Å². The highest BCUT2D eigenvalue weighted by Gasteiger charge is 2.27. The van der Waals surface area contributed by atoms with Crippen LogP contribution in [-0.4, -0.2) is 41.2 Å². The molecule has 1 aliphatic heterocycles. The monoisotopic (exact) mass is 381 g/mol. The van der Waals surface area contributed by atoms with Gasteiger partial charge in [0.25, 0.3) is 0 Å². The maximum absolute atomic E-state index is 13.9. The molecule has 0 bridgehead atoms. The van der Waals surface area contributed by atoms with E-state index in [0.717, 1.165) is 0 Å². The quantitative estimate of drug-likeness (QED) is 0.700. The van der Waals surface area contributed by atoms with Gasteiger partial charge in [-0.15, -0.1) is 0 Å². The standard InChI is InChI=1S/C21H20FN3O3/c1-28-21(27)13-8-10-25(11-9-13)20-16-12-14(22)6-7-17(16)23-19(24-20)15-4-2-3-5-18(15)26/h2-7,12-13,26H,8-11H2,1H3. The number of para-hydroxylation sites is 1. The zero-order chi connectivity index (χ0) is 19.7. The van der Waals surface area contributed by atoms with Crippen LogP contribution in [0.5, 0.6) is 5.75 Å². The van der Waals surface area contributed by atoms with Crippen LogP contribution in [-0.2, 0) is 9.53 Å². The van der Waals surface area contributed by atoms with Crippen LogP contribution >= 0.6 is 0 Å². The first-order chi connectivity index (χ1) is 13.6. The Hall–Kier alpha value is -3.22. The van der Waals surface area contributed by atoms with E-state index in [1.165, 1.54) is 19.2 Å². The van der Waals surface area contributed by atoms with Gasteiger partial charge >= 0.3 is 5.97 Å². The second kappa shape index (κ2) is 7.42. The van der Waals surface area contributed by atoms with Crippen molar-refractivity contribution in [3.8, 4) is 17.1 Å². The minimum Gasteiger partial charge on any atom is -0.507 e. The SMILES string of the molecule is COC(=O)C1CCN(c2nc(-c3ccccc3O)nc3ccc(F)cc23)CC1. The van der Waals surface area contributed by atoms with Gasteiger partial charge in [-0.25, -0.2) is 14.4 Å². The van der Waals surface area contributed by atoms with E-state index in [0.29, 0.717) is 54.0 Å². The molecule has 2 aromatic carbocycles. The molecule has 28 heavy (non-hydrogen) atoms. The maximum Gasteiger partial charge on any atom is 0.308 e. The number of carbonyl (C=O) groups is 1. The number of anilines is 1. The van der Waals surface area contributed by atoms with Crippen molar-refractivity contribution in [2.45, 2.75) is 12.8 Å². The molecule has 144 valence electrons. The molecule has 0 saturated carbocycles. The number of phenols is 1. The molecule has 0 aliphatic carbocycles. The Kier molecular flexibility index (Phi) is 4.81. The molecule has 0 amide bonds. The summed E-state index contributed by atoms with van der Waals surface area (Å²) in [4.78, 5) is 23.0. The fraction of sp³-hybridized carbons (Fsp3) is 0.286. The van der Waals surface area contributed by atoms with Crippen molar-refractivity contribution < 1.29 is 19.0 Å². The average Bonchev–Trinajstić information content (AvgIpc) is 2.73. The predicted octanol–water partition coefficient (Wildman–Crippen LogP) is 3.53. The third-order valence-electron chi connectivity index (χ3n) is 5.11. The van der Waals surface area contributed by atoms with Crippen LogP contribution in [0, 0.1) is 11.7 Å². The Balaban J connectivity index is 1.77. The van der Waals surface area contributed by atoms with Crippen molar-refractivity contribution in [3.05, 3.63) is 48.3 Å². The van der Waals surface area contributed by atoms with Gasteiger partial charge < -0.3 is 14.7 Å². The molecule has 0 spiro atoms. The summed E-state index contributed by atoms with van der Waals surface area (Å²) >= 11 is 0. The number of piperidine rings is 1. The third-order valence-corrected chi connectivity index (χ3v) is 5.11. The minimum atomic E-state index is -0.364.